The first-order valence-corrected chi connectivity index (χ1v) is 5.91. The van der Waals surface area contributed by atoms with Crippen molar-refractivity contribution >= 4 is 15.9 Å². The molecule has 3 heteroatoms. The van der Waals surface area contributed by atoms with Crippen molar-refractivity contribution in [1.29, 1.82) is 5.26 Å². The van der Waals surface area contributed by atoms with Crippen molar-refractivity contribution in [2.24, 2.45) is 10.8 Å². The Morgan fingerprint density at radius 1 is 1.50 bits per heavy atom. The van der Waals surface area contributed by atoms with Crippen LogP contribution in [-0.2, 0) is 0 Å². The molecule has 2 bridgehead atoms. The van der Waals surface area contributed by atoms with E-state index in [1.807, 2.05) is 0 Å². The van der Waals surface area contributed by atoms with Crippen molar-refractivity contribution < 1.29 is 5.11 Å². The summed E-state index contributed by atoms with van der Waals surface area (Å²) >= 11 is 3.67. The molecule has 0 amide bonds. The van der Waals surface area contributed by atoms with Gasteiger partial charge in [-0.1, -0.05) is 29.8 Å². The van der Waals surface area contributed by atoms with E-state index in [9.17, 15) is 5.11 Å². The van der Waals surface area contributed by atoms with E-state index >= 15 is 0 Å². The number of rotatable bonds is 1. The summed E-state index contributed by atoms with van der Waals surface area (Å²) in [6.07, 6.45) is 3.26. The standard InChI is InChI=1S/C11H16BrNO/c1-9(2)8(14)11(12)4-3-10(9,7-11)5-6-13/h8,14H,3-5,7H2,1-2H3/t8-,10+,11+/m0/s1. The van der Waals surface area contributed by atoms with Gasteiger partial charge in [0.15, 0.2) is 0 Å². The van der Waals surface area contributed by atoms with Crippen molar-refractivity contribution in [2.75, 3.05) is 0 Å². The van der Waals surface area contributed by atoms with E-state index in [4.69, 9.17) is 5.26 Å². The fourth-order valence-corrected chi connectivity index (χ4v) is 4.74. The molecule has 78 valence electrons. The van der Waals surface area contributed by atoms with E-state index in [-0.39, 0.29) is 21.3 Å². The van der Waals surface area contributed by atoms with Crippen LogP contribution in [0.4, 0.5) is 0 Å². The molecule has 2 nitrogen and oxygen atoms in total. The molecule has 3 atom stereocenters. The second-order valence-electron chi connectivity index (χ2n) is 5.45. The van der Waals surface area contributed by atoms with Crippen molar-refractivity contribution in [2.45, 2.75) is 50.0 Å². The molecule has 1 N–H and O–H groups in total. The fourth-order valence-electron chi connectivity index (χ4n) is 3.44. The quantitative estimate of drug-likeness (QED) is 0.735. The van der Waals surface area contributed by atoms with E-state index < -0.39 is 0 Å². The summed E-state index contributed by atoms with van der Waals surface area (Å²) in [6, 6.07) is 2.29. The maximum atomic E-state index is 10.2. The number of nitrogens with zero attached hydrogens (tertiary/aromatic N) is 1. The highest BCUT2D eigenvalue weighted by molar-refractivity contribution is 9.10. The molecule has 14 heavy (non-hydrogen) atoms. The van der Waals surface area contributed by atoms with E-state index in [1.165, 1.54) is 0 Å². The zero-order valence-corrected chi connectivity index (χ0v) is 10.3. The number of fused-ring (bicyclic) bond motifs is 2. The zero-order chi connectivity index (χ0) is 10.6. The Bertz CT molecular complexity index is 309. The smallest absolute Gasteiger partial charge is 0.0749 e. The van der Waals surface area contributed by atoms with E-state index in [0.717, 1.165) is 19.3 Å². The van der Waals surface area contributed by atoms with Crippen molar-refractivity contribution in [3.8, 4) is 6.07 Å². The van der Waals surface area contributed by atoms with Crippen LogP contribution in [0.2, 0.25) is 0 Å². The highest BCUT2D eigenvalue weighted by Gasteiger charge is 2.68. The van der Waals surface area contributed by atoms with Gasteiger partial charge >= 0.3 is 0 Å². The third-order valence-electron chi connectivity index (χ3n) is 4.61. The lowest BCUT2D eigenvalue weighted by Gasteiger charge is -2.44. The Morgan fingerprint density at radius 3 is 2.57 bits per heavy atom. The van der Waals surface area contributed by atoms with Crippen LogP contribution >= 0.6 is 15.9 Å². The van der Waals surface area contributed by atoms with Gasteiger partial charge in [-0.05, 0) is 30.1 Å². The van der Waals surface area contributed by atoms with Crippen LogP contribution in [0, 0.1) is 22.2 Å². The number of aliphatic hydroxyl groups excluding tert-OH is 1. The molecule has 0 spiro atoms. The lowest BCUT2D eigenvalue weighted by atomic mass is 9.62. The van der Waals surface area contributed by atoms with Crippen molar-refractivity contribution in [3.05, 3.63) is 0 Å². The van der Waals surface area contributed by atoms with E-state index in [2.05, 4.69) is 35.8 Å². The molecule has 0 aromatic rings. The van der Waals surface area contributed by atoms with E-state index in [0.29, 0.717) is 6.42 Å². The van der Waals surface area contributed by atoms with Gasteiger partial charge in [-0.3, -0.25) is 0 Å². The largest absolute Gasteiger partial charge is 0.391 e. The number of nitriles is 1. The topological polar surface area (TPSA) is 44.0 Å². The third kappa shape index (κ3) is 0.991. The Balaban J connectivity index is 2.42. The molecule has 0 saturated heterocycles. The van der Waals surface area contributed by atoms with Gasteiger partial charge < -0.3 is 5.11 Å². The summed E-state index contributed by atoms with van der Waals surface area (Å²) < 4.78 is -0.118. The normalized spacial score (nSPS) is 49.2. The summed E-state index contributed by atoms with van der Waals surface area (Å²) in [5.74, 6) is 0. The van der Waals surface area contributed by atoms with Gasteiger partial charge in [0, 0.05) is 6.42 Å². The van der Waals surface area contributed by atoms with Crippen LogP contribution in [0.5, 0.6) is 0 Å². The molecule has 0 radical (unpaired) electrons. The fraction of sp³-hybridized carbons (Fsp3) is 0.909. The molecule has 0 aliphatic heterocycles. The minimum atomic E-state index is -0.322. The van der Waals surface area contributed by atoms with Crippen LogP contribution in [0.3, 0.4) is 0 Å². The van der Waals surface area contributed by atoms with Crippen LogP contribution in [0.15, 0.2) is 0 Å². The minimum absolute atomic E-state index is 0.0324. The molecular formula is C11H16BrNO. The number of hydrogen-bond acceptors (Lipinski definition) is 2. The first-order chi connectivity index (χ1) is 6.38. The molecule has 0 aromatic carbocycles. The first kappa shape index (κ1) is 10.4. The molecule has 0 unspecified atom stereocenters. The molecule has 2 rings (SSSR count). The maximum Gasteiger partial charge on any atom is 0.0749 e. The Labute approximate surface area is 93.4 Å². The monoisotopic (exact) mass is 257 g/mol. The number of hydrogen-bond donors (Lipinski definition) is 1. The van der Waals surface area contributed by atoms with Gasteiger partial charge in [0.25, 0.3) is 0 Å². The highest BCUT2D eigenvalue weighted by Crippen LogP contribution is 2.69. The second kappa shape index (κ2) is 2.74. The van der Waals surface area contributed by atoms with Crippen LogP contribution in [0.1, 0.15) is 39.5 Å². The van der Waals surface area contributed by atoms with Crippen LogP contribution < -0.4 is 0 Å². The molecular weight excluding hydrogens is 242 g/mol. The zero-order valence-electron chi connectivity index (χ0n) is 8.68. The average molecular weight is 258 g/mol. The molecule has 2 aliphatic rings. The van der Waals surface area contributed by atoms with E-state index in [1.54, 1.807) is 0 Å². The maximum absolute atomic E-state index is 10.2. The van der Waals surface area contributed by atoms with Gasteiger partial charge in [0.05, 0.1) is 16.5 Å². The Kier molecular flexibility index (Phi) is 2.04. The Hall–Kier alpha value is -0.0700. The first-order valence-electron chi connectivity index (χ1n) is 5.12. The summed E-state index contributed by atoms with van der Waals surface area (Å²) in [6.45, 7) is 4.19. The van der Waals surface area contributed by atoms with Crippen molar-refractivity contribution in [1.82, 2.24) is 0 Å². The predicted molar refractivity (Wildman–Crippen MR) is 58.0 cm³/mol. The molecule has 2 fully saturated rings. The highest BCUT2D eigenvalue weighted by atomic mass is 79.9. The average Bonchev–Trinajstić information content (AvgIpc) is 2.50. The van der Waals surface area contributed by atoms with Crippen LogP contribution in [-0.4, -0.2) is 15.5 Å². The van der Waals surface area contributed by atoms with Gasteiger partial charge in [-0.25, -0.2) is 0 Å². The lowest BCUT2D eigenvalue weighted by molar-refractivity contribution is -0.0282. The summed E-state index contributed by atoms with van der Waals surface area (Å²) in [4.78, 5) is 0. The van der Waals surface area contributed by atoms with Crippen LogP contribution in [0.25, 0.3) is 0 Å². The van der Waals surface area contributed by atoms with Crippen molar-refractivity contribution in [3.63, 3.8) is 0 Å². The van der Waals surface area contributed by atoms with Gasteiger partial charge in [0.1, 0.15) is 0 Å². The summed E-state index contributed by atoms with van der Waals surface area (Å²) in [5, 5.41) is 19.1. The molecule has 2 aliphatic carbocycles. The number of alkyl halides is 1. The lowest BCUT2D eigenvalue weighted by Crippen LogP contribution is -2.46. The second-order valence-corrected chi connectivity index (χ2v) is 7.03. The number of halogens is 1. The molecule has 0 heterocycles. The molecule has 2 saturated carbocycles. The minimum Gasteiger partial charge on any atom is -0.391 e. The van der Waals surface area contributed by atoms with Gasteiger partial charge in [-0.2, -0.15) is 5.26 Å². The number of aliphatic hydroxyl groups is 1. The Morgan fingerprint density at radius 2 is 2.14 bits per heavy atom. The molecule has 0 aromatic heterocycles. The third-order valence-corrected chi connectivity index (χ3v) is 5.72. The van der Waals surface area contributed by atoms with Gasteiger partial charge in [-0.15, -0.1) is 0 Å². The SMILES string of the molecule is CC1(C)[C@H](O)[C@@]2(Br)CC[C@@]1(CC#N)C2. The summed E-state index contributed by atoms with van der Waals surface area (Å²) in [5.41, 5.74) is -0.102. The summed E-state index contributed by atoms with van der Waals surface area (Å²) in [7, 11) is 0. The van der Waals surface area contributed by atoms with Gasteiger partial charge in [0.2, 0.25) is 0 Å². The predicted octanol–water partition coefficient (Wildman–Crippen LogP) is 2.60.